The first-order valence-electron chi connectivity index (χ1n) is 9.65. The molecule has 0 radical (unpaired) electrons. The Morgan fingerprint density at radius 1 is 0.935 bits per heavy atom. The van der Waals surface area contributed by atoms with Crippen LogP contribution in [0.3, 0.4) is 0 Å². The Morgan fingerprint density at radius 3 is 2.39 bits per heavy atom. The van der Waals surface area contributed by atoms with Crippen LogP contribution in [0.4, 0.5) is 5.88 Å². The van der Waals surface area contributed by atoms with Crippen molar-refractivity contribution in [1.82, 2.24) is 0 Å². The number of rotatable bonds is 4. The van der Waals surface area contributed by atoms with E-state index in [0.717, 1.165) is 10.1 Å². The van der Waals surface area contributed by atoms with Crippen molar-refractivity contribution in [2.75, 3.05) is 12.4 Å². The predicted molar refractivity (Wildman–Crippen MR) is 124 cm³/mol. The third kappa shape index (κ3) is 3.37. The molecule has 5 aromatic rings. The van der Waals surface area contributed by atoms with Gasteiger partial charge in [0.25, 0.3) is 5.91 Å². The highest BCUT2D eigenvalue weighted by molar-refractivity contribution is 7.25. The summed E-state index contributed by atoms with van der Waals surface area (Å²) in [4.78, 5) is 26.4. The van der Waals surface area contributed by atoms with Crippen LogP contribution in [-0.2, 0) is 0 Å². The van der Waals surface area contributed by atoms with Crippen molar-refractivity contribution < 1.29 is 13.9 Å². The zero-order chi connectivity index (χ0) is 21.4. The molecule has 5 rings (SSSR count). The van der Waals surface area contributed by atoms with Crippen molar-refractivity contribution in [3.63, 3.8) is 0 Å². The number of ether oxygens (including phenoxy) is 1. The first-order valence-corrected chi connectivity index (χ1v) is 10.5. The van der Waals surface area contributed by atoms with Gasteiger partial charge >= 0.3 is 0 Å². The van der Waals surface area contributed by atoms with Gasteiger partial charge in [-0.05, 0) is 42.0 Å². The van der Waals surface area contributed by atoms with Gasteiger partial charge < -0.3 is 9.15 Å². The van der Waals surface area contributed by atoms with E-state index in [9.17, 15) is 9.59 Å². The smallest absolute Gasteiger partial charge is 0.257 e. The maximum atomic E-state index is 13.6. The predicted octanol–water partition coefficient (Wildman–Crippen LogP) is 5.94. The number of anilines is 1. The minimum absolute atomic E-state index is 0.125. The number of amides is 1. The molecule has 0 bridgehead atoms. The first-order chi connectivity index (χ1) is 15.2. The molecule has 2 heterocycles. The van der Waals surface area contributed by atoms with E-state index in [-0.39, 0.29) is 17.2 Å². The van der Waals surface area contributed by atoms with Gasteiger partial charge in [-0.1, -0.05) is 42.5 Å². The van der Waals surface area contributed by atoms with Gasteiger partial charge in [0, 0.05) is 15.6 Å². The topological polar surface area (TPSA) is 68.5 Å². The molecule has 0 saturated heterocycles. The molecule has 1 N–H and O–H groups in total. The molecular formula is C25H17NO4S. The minimum Gasteiger partial charge on any atom is -0.497 e. The lowest BCUT2D eigenvalue weighted by molar-refractivity contribution is 0.102. The van der Waals surface area contributed by atoms with Crippen LogP contribution in [0.25, 0.3) is 31.5 Å². The summed E-state index contributed by atoms with van der Waals surface area (Å²) in [6.45, 7) is 0. The highest BCUT2D eigenvalue weighted by Gasteiger charge is 2.21. The molecule has 2 aromatic heterocycles. The van der Waals surface area contributed by atoms with E-state index < -0.39 is 0 Å². The van der Waals surface area contributed by atoms with Gasteiger partial charge in [0.05, 0.1) is 12.7 Å². The minimum atomic E-state index is -0.350. The lowest BCUT2D eigenvalue weighted by Crippen LogP contribution is -2.16. The molecule has 0 aliphatic carbocycles. The van der Waals surface area contributed by atoms with E-state index in [1.807, 2.05) is 30.3 Å². The number of thiophene rings is 1. The molecule has 1 amide bonds. The molecule has 0 aliphatic rings. The second kappa shape index (κ2) is 7.74. The molecule has 152 valence electrons. The summed E-state index contributed by atoms with van der Waals surface area (Å²) in [5, 5.41) is 3.65. The lowest BCUT2D eigenvalue weighted by atomic mass is 10.1. The molecule has 6 heteroatoms. The van der Waals surface area contributed by atoms with Gasteiger partial charge in [-0.15, -0.1) is 11.3 Å². The van der Waals surface area contributed by atoms with Crippen LogP contribution >= 0.6 is 11.3 Å². The average molecular weight is 427 g/mol. The third-order valence-electron chi connectivity index (χ3n) is 5.06. The number of benzene rings is 3. The van der Waals surface area contributed by atoms with Crippen molar-refractivity contribution in [1.29, 1.82) is 0 Å². The largest absolute Gasteiger partial charge is 0.497 e. The maximum Gasteiger partial charge on any atom is 0.257 e. The van der Waals surface area contributed by atoms with Crippen molar-refractivity contribution in [2.24, 2.45) is 0 Å². The molecule has 31 heavy (non-hydrogen) atoms. The summed E-state index contributed by atoms with van der Waals surface area (Å²) in [6, 6.07) is 23.6. The number of methoxy groups -OCH3 is 1. The number of carbonyl (C=O) groups is 1. The first kappa shape index (κ1) is 19.1. The third-order valence-corrected chi connectivity index (χ3v) is 6.21. The van der Waals surface area contributed by atoms with Crippen LogP contribution in [0, 0.1) is 0 Å². The second-order valence-electron chi connectivity index (χ2n) is 6.94. The quantitative estimate of drug-likeness (QED) is 0.386. The Balaban J connectivity index is 1.74. The molecule has 5 nitrogen and oxygen atoms in total. The zero-order valence-corrected chi connectivity index (χ0v) is 17.4. The average Bonchev–Trinajstić information content (AvgIpc) is 3.19. The van der Waals surface area contributed by atoms with Crippen LogP contribution in [0.5, 0.6) is 5.75 Å². The van der Waals surface area contributed by atoms with E-state index in [0.29, 0.717) is 32.7 Å². The summed E-state index contributed by atoms with van der Waals surface area (Å²) in [7, 11) is 1.58. The molecule has 0 unspecified atom stereocenters. The van der Waals surface area contributed by atoms with E-state index in [1.165, 1.54) is 11.3 Å². The van der Waals surface area contributed by atoms with Crippen LogP contribution < -0.4 is 15.5 Å². The van der Waals surface area contributed by atoms with E-state index in [1.54, 1.807) is 55.6 Å². The summed E-state index contributed by atoms with van der Waals surface area (Å²) in [6.07, 6.45) is 0. The van der Waals surface area contributed by atoms with E-state index in [2.05, 4.69) is 5.32 Å². The Hall–Kier alpha value is -3.90. The van der Waals surface area contributed by atoms with Crippen molar-refractivity contribution in [3.05, 3.63) is 94.6 Å². The second-order valence-corrected chi connectivity index (χ2v) is 7.99. The Bertz CT molecular complexity index is 1470. The van der Waals surface area contributed by atoms with Crippen LogP contribution in [0.15, 0.2) is 88.1 Å². The fourth-order valence-electron chi connectivity index (χ4n) is 3.52. The van der Waals surface area contributed by atoms with Gasteiger partial charge in [0.2, 0.25) is 11.3 Å². The number of fused-ring (bicyclic) bond motifs is 3. The number of hydrogen-bond acceptors (Lipinski definition) is 5. The molecule has 0 aliphatic heterocycles. The summed E-state index contributed by atoms with van der Waals surface area (Å²) in [5.74, 6) is 0.448. The van der Waals surface area contributed by atoms with Crippen molar-refractivity contribution >= 4 is 43.5 Å². The van der Waals surface area contributed by atoms with Crippen molar-refractivity contribution in [3.8, 4) is 16.9 Å². The fourth-order valence-corrected chi connectivity index (χ4v) is 4.59. The summed E-state index contributed by atoms with van der Waals surface area (Å²) in [5.41, 5.74) is 1.71. The Morgan fingerprint density at radius 2 is 1.65 bits per heavy atom. The molecule has 0 spiro atoms. The summed E-state index contributed by atoms with van der Waals surface area (Å²) >= 11 is 1.39. The molecular weight excluding hydrogens is 410 g/mol. The lowest BCUT2D eigenvalue weighted by Gasteiger charge is -2.11. The van der Waals surface area contributed by atoms with E-state index >= 15 is 0 Å². The SMILES string of the molecule is COc1ccc(-c2c(NC(=O)c3ccccc3)oc3c(sc4ccccc43)c2=O)cc1. The zero-order valence-electron chi connectivity index (χ0n) is 16.5. The summed E-state index contributed by atoms with van der Waals surface area (Å²) < 4.78 is 12.9. The van der Waals surface area contributed by atoms with Crippen molar-refractivity contribution in [2.45, 2.75) is 0 Å². The molecule has 0 saturated carbocycles. The highest BCUT2D eigenvalue weighted by atomic mass is 32.1. The Kier molecular flexibility index (Phi) is 4.76. The fraction of sp³-hybridized carbons (Fsp3) is 0.0400. The number of hydrogen-bond donors (Lipinski definition) is 1. The molecule has 3 aromatic carbocycles. The monoisotopic (exact) mass is 427 g/mol. The maximum absolute atomic E-state index is 13.6. The van der Waals surface area contributed by atoms with Crippen LogP contribution in [0.2, 0.25) is 0 Å². The van der Waals surface area contributed by atoms with Gasteiger partial charge in [-0.3, -0.25) is 14.9 Å². The van der Waals surface area contributed by atoms with Gasteiger partial charge in [0.1, 0.15) is 10.4 Å². The molecule has 0 fully saturated rings. The van der Waals surface area contributed by atoms with Gasteiger partial charge in [-0.25, -0.2) is 0 Å². The number of carbonyl (C=O) groups excluding carboxylic acids is 1. The number of nitrogens with one attached hydrogen (secondary N) is 1. The highest BCUT2D eigenvalue weighted by Crippen LogP contribution is 2.37. The normalized spacial score (nSPS) is 11.0. The van der Waals surface area contributed by atoms with Gasteiger partial charge in [-0.2, -0.15) is 0 Å². The van der Waals surface area contributed by atoms with Gasteiger partial charge in [0.15, 0.2) is 5.58 Å². The van der Waals surface area contributed by atoms with Crippen LogP contribution in [-0.4, -0.2) is 13.0 Å². The standard InChI is InChI=1S/C25H17NO4S/c1-29-17-13-11-15(12-14-17)20-21(27)23-22(18-9-5-6-10-19(18)31-23)30-25(20)26-24(28)16-7-3-2-4-8-16/h2-14H,1H3,(H,26,28). The Labute approximate surface area is 181 Å². The molecule has 0 atom stereocenters. The van der Waals surface area contributed by atoms with E-state index in [4.69, 9.17) is 9.15 Å². The van der Waals surface area contributed by atoms with Crippen LogP contribution in [0.1, 0.15) is 10.4 Å².